The van der Waals surface area contributed by atoms with E-state index in [-0.39, 0.29) is 10.2 Å². The molecule has 0 N–H and O–H groups in total. The van der Waals surface area contributed by atoms with Crippen molar-refractivity contribution in [2.45, 2.75) is 6.17 Å². The lowest BCUT2D eigenvalue weighted by Crippen LogP contribution is -2.14. The van der Waals surface area contributed by atoms with E-state index >= 15 is 0 Å². The lowest BCUT2D eigenvalue weighted by molar-refractivity contribution is -0.202. The summed E-state index contributed by atoms with van der Waals surface area (Å²) in [5.74, 6) is -0.244. The first-order valence-corrected chi connectivity index (χ1v) is 7.66. The van der Waals surface area contributed by atoms with Crippen LogP contribution in [-0.4, -0.2) is 6.17 Å². The fourth-order valence-corrected chi connectivity index (χ4v) is 2.64. The Morgan fingerprint density at radius 1 is 1.30 bits per heavy atom. The van der Waals surface area contributed by atoms with Crippen LogP contribution in [0.1, 0.15) is 5.56 Å². The summed E-state index contributed by atoms with van der Waals surface area (Å²) in [5.41, 5.74) is 0.366. The number of hydrogen-bond donors (Lipinski definition) is 0. The van der Waals surface area contributed by atoms with Gasteiger partial charge in [-0.1, -0.05) is 6.07 Å². The molecule has 0 aliphatic heterocycles. The summed E-state index contributed by atoms with van der Waals surface area (Å²) in [6, 6.07) is 9.50. The molecule has 20 heavy (non-hydrogen) atoms. The molecule has 0 saturated carbocycles. The van der Waals surface area contributed by atoms with Gasteiger partial charge in [-0.25, -0.2) is 0 Å². The Morgan fingerprint density at radius 2 is 2.00 bits per heavy atom. The molecule has 0 heterocycles. The average Bonchev–Trinajstić information content (AvgIpc) is 2.38. The molecule has 2 aromatic rings. The summed E-state index contributed by atoms with van der Waals surface area (Å²) >= 11 is 3.06. The van der Waals surface area contributed by atoms with Gasteiger partial charge in [0.15, 0.2) is 0 Å². The van der Waals surface area contributed by atoms with Gasteiger partial charge in [0.2, 0.25) is 7.60 Å². The topological polar surface area (TPSA) is 73.1 Å². The third-order valence-corrected chi connectivity index (χ3v) is 4.03. The van der Waals surface area contributed by atoms with Crippen molar-refractivity contribution in [2.75, 3.05) is 0 Å². The van der Waals surface area contributed by atoms with Crippen LogP contribution in [0.4, 0.5) is 8.78 Å². The van der Waals surface area contributed by atoms with E-state index in [4.69, 9.17) is 5.26 Å². The molecule has 1 atom stereocenters. The number of rotatable bonds is 3. The van der Waals surface area contributed by atoms with Crippen LogP contribution >= 0.6 is 23.5 Å². The highest BCUT2D eigenvalue weighted by Crippen LogP contribution is 2.47. The van der Waals surface area contributed by atoms with Crippen LogP contribution < -0.4 is 9.42 Å². The molecule has 0 fully saturated rings. The van der Waals surface area contributed by atoms with Crippen LogP contribution in [0.5, 0.6) is 5.75 Å². The van der Waals surface area contributed by atoms with Crippen LogP contribution in [0, 0.1) is 11.3 Å². The molecular weight excluding hydrogens is 355 g/mol. The van der Waals surface area contributed by atoms with Gasteiger partial charge in [-0.2, -0.15) is 14.0 Å². The minimum absolute atomic E-state index is 0.228. The smallest absolute Gasteiger partial charge is 0.310 e. The Kier molecular flexibility index (Phi) is 4.09. The van der Waals surface area contributed by atoms with E-state index in [9.17, 15) is 18.2 Å². The number of hydrogen-bond acceptors (Lipinski definition) is 4. The van der Waals surface area contributed by atoms with Gasteiger partial charge >= 0.3 is 6.17 Å². The van der Waals surface area contributed by atoms with Crippen LogP contribution in [-0.2, 0) is 4.57 Å². The first kappa shape index (κ1) is 14.9. The third kappa shape index (κ3) is 2.98. The zero-order valence-corrected chi connectivity index (χ0v) is 12.2. The van der Waals surface area contributed by atoms with Crippen molar-refractivity contribution in [1.29, 1.82) is 5.26 Å². The quantitative estimate of drug-likeness (QED) is 0.783. The van der Waals surface area contributed by atoms with Crippen molar-refractivity contribution in [1.82, 2.24) is 0 Å². The summed E-state index contributed by atoms with van der Waals surface area (Å²) in [4.78, 5) is 11.1. The van der Waals surface area contributed by atoms with Crippen LogP contribution in [0.25, 0.3) is 10.8 Å². The van der Waals surface area contributed by atoms with Gasteiger partial charge in [-0.3, -0.25) is 4.57 Å². The van der Waals surface area contributed by atoms with Gasteiger partial charge in [0, 0.05) is 0 Å². The number of nitrogens with zero attached hydrogens (tertiary/aromatic N) is 1. The predicted molar refractivity (Wildman–Crippen MR) is 70.6 cm³/mol. The number of nitriles is 1. The molecule has 2 aromatic carbocycles. The lowest BCUT2D eigenvalue weighted by Gasteiger charge is -2.23. The van der Waals surface area contributed by atoms with Gasteiger partial charge < -0.3 is 9.42 Å². The zero-order valence-electron chi connectivity index (χ0n) is 9.72. The minimum atomic E-state index is -5.29. The largest absolute Gasteiger partial charge is 0.765 e. The Labute approximate surface area is 121 Å². The zero-order chi connectivity index (χ0) is 14.9. The summed E-state index contributed by atoms with van der Waals surface area (Å²) in [5, 5.41) is 10.0. The Balaban J connectivity index is 2.52. The van der Waals surface area contributed by atoms with E-state index in [1.165, 1.54) is 18.2 Å². The second-order valence-electron chi connectivity index (χ2n) is 3.87. The van der Waals surface area contributed by atoms with Crippen molar-refractivity contribution < 1.29 is 22.8 Å². The molecule has 0 aromatic heterocycles. The van der Waals surface area contributed by atoms with E-state index in [0.717, 1.165) is 0 Å². The first-order valence-electron chi connectivity index (χ1n) is 5.25. The molecule has 2 rings (SSSR count). The molecular formula is C12H6BrF2NO3P-. The minimum Gasteiger partial charge on any atom is -0.765 e. The van der Waals surface area contributed by atoms with Crippen molar-refractivity contribution >= 4 is 34.3 Å². The van der Waals surface area contributed by atoms with Gasteiger partial charge in [0.05, 0.1) is 16.1 Å². The van der Waals surface area contributed by atoms with E-state index in [0.29, 0.717) is 16.3 Å². The summed E-state index contributed by atoms with van der Waals surface area (Å²) in [7, 11) is -5.29. The van der Waals surface area contributed by atoms with E-state index in [1.54, 1.807) is 12.1 Å². The fraction of sp³-hybridized carbons (Fsp3) is 0.0833. The number of halogens is 3. The molecule has 0 spiro atoms. The predicted octanol–water partition coefficient (Wildman–Crippen LogP) is 3.63. The van der Waals surface area contributed by atoms with Gasteiger partial charge in [0.1, 0.15) is 5.75 Å². The van der Waals surface area contributed by atoms with Gasteiger partial charge in [-0.05, 0) is 51.0 Å². The second-order valence-corrected chi connectivity index (χ2v) is 6.37. The van der Waals surface area contributed by atoms with E-state index in [2.05, 4.69) is 20.5 Å². The number of benzene rings is 2. The first-order chi connectivity index (χ1) is 9.33. The van der Waals surface area contributed by atoms with Gasteiger partial charge in [-0.15, -0.1) is 0 Å². The molecule has 0 radical (unpaired) electrons. The molecule has 0 aliphatic rings. The SMILES string of the molecule is N#Cc1ccc2cc(Br)c(OP(=O)([O-])C(F)F)cc2c1. The third-order valence-electron chi connectivity index (χ3n) is 2.48. The van der Waals surface area contributed by atoms with Crippen LogP contribution in [0.15, 0.2) is 34.8 Å². The molecule has 0 saturated heterocycles. The highest BCUT2D eigenvalue weighted by atomic mass is 79.9. The maximum Gasteiger partial charge on any atom is 0.310 e. The number of fused-ring (bicyclic) bond motifs is 1. The Morgan fingerprint density at radius 3 is 2.60 bits per heavy atom. The average molecular weight is 361 g/mol. The molecule has 0 aliphatic carbocycles. The molecule has 0 amide bonds. The summed E-state index contributed by atoms with van der Waals surface area (Å²) in [6.07, 6.45) is -3.60. The highest BCUT2D eigenvalue weighted by molar-refractivity contribution is 9.10. The molecule has 4 nitrogen and oxygen atoms in total. The van der Waals surface area contributed by atoms with Crippen molar-refractivity contribution in [2.24, 2.45) is 0 Å². The highest BCUT2D eigenvalue weighted by Gasteiger charge is 2.24. The van der Waals surface area contributed by atoms with E-state index in [1.807, 2.05) is 6.07 Å². The lowest BCUT2D eigenvalue weighted by atomic mass is 10.1. The Hall–Kier alpha value is -1.48. The van der Waals surface area contributed by atoms with Crippen molar-refractivity contribution in [3.05, 3.63) is 40.4 Å². The maximum atomic E-state index is 12.3. The van der Waals surface area contributed by atoms with E-state index < -0.39 is 13.8 Å². The second kappa shape index (κ2) is 5.49. The maximum absolute atomic E-state index is 12.3. The summed E-state index contributed by atoms with van der Waals surface area (Å²) < 4.78 is 40.3. The molecule has 0 bridgehead atoms. The molecule has 8 heteroatoms. The van der Waals surface area contributed by atoms with Crippen molar-refractivity contribution in [3.63, 3.8) is 0 Å². The fourth-order valence-electron chi connectivity index (χ4n) is 1.57. The normalized spacial score (nSPS) is 14.0. The Bertz CT molecular complexity index is 760. The monoisotopic (exact) mass is 360 g/mol. The molecule has 104 valence electrons. The van der Waals surface area contributed by atoms with Crippen LogP contribution in [0.2, 0.25) is 0 Å². The number of alkyl halides is 2. The van der Waals surface area contributed by atoms with Crippen LogP contribution in [0.3, 0.4) is 0 Å². The van der Waals surface area contributed by atoms with Gasteiger partial charge in [0.25, 0.3) is 0 Å². The molecule has 1 unspecified atom stereocenters. The van der Waals surface area contributed by atoms with Crippen molar-refractivity contribution in [3.8, 4) is 11.8 Å². The standard InChI is InChI=1S/C12H7BrF2NO3P/c13-10-4-8-2-1-7(6-16)3-9(8)5-11(10)19-20(17,18)12(14)15/h1-5,12H,(H,17,18)/p-1. The summed E-state index contributed by atoms with van der Waals surface area (Å²) in [6.45, 7) is 0.